The highest BCUT2D eigenvalue weighted by Crippen LogP contribution is 2.77. The number of benzene rings is 1. The van der Waals surface area contributed by atoms with Gasteiger partial charge in [0.2, 0.25) is 0 Å². The van der Waals surface area contributed by atoms with Crippen molar-refractivity contribution in [1.82, 2.24) is 10.3 Å². The molecule has 4 fully saturated rings. The van der Waals surface area contributed by atoms with Crippen LogP contribution < -0.4 is 5.32 Å². The van der Waals surface area contributed by atoms with Crippen LogP contribution in [0, 0.1) is 23.2 Å². The Morgan fingerprint density at radius 1 is 1.19 bits per heavy atom. The SMILES string of the molecule is O=C(NC12CC3CC(C1)C1(CC1C3)C2)c1csc(-c2cccc(Cl)c2Cl)n1. The molecule has 2 aromatic rings. The summed E-state index contributed by atoms with van der Waals surface area (Å²) in [5, 5.41) is 6.99. The second-order valence-electron chi connectivity index (χ2n) is 9.13. The van der Waals surface area contributed by atoms with Gasteiger partial charge in [-0.3, -0.25) is 4.79 Å². The van der Waals surface area contributed by atoms with Crippen molar-refractivity contribution in [1.29, 1.82) is 0 Å². The lowest BCUT2D eigenvalue weighted by molar-refractivity contribution is 0.0839. The number of halogens is 2. The Bertz CT molecular complexity index is 971. The van der Waals surface area contributed by atoms with Gasteiger partial charge in [0.1, 0.15) is 10.7 Å². The molecule has 0 aliphatic heterocycles. The Morgan fingerprint density at radius 2 is 2.00 bits per heavy atom. The van der Waals surface area contributed by atoms with Crippen molar-refractivity contribution in [2.75, 3.05) is 0 Å². The van der Waals surface area contributed by atoms with E-state index in [1.807, 2.05) is 17.5 Å². The fourth-order valence-electron chi connectivity index (χ4n) is 6.67. The maximum absolute atomic E-state index is 13.0. The van der Waals surface area contributed by atoms with Crippen LogP contribution in [0.4, 0.5) is 0 Å². The number of hydrogen-bond donors (Lipinski definition) is 1. The lowest BCUT2D eigenvalue weighted by atomic mass is 9.70. The molecule has 1 heterocycles. The molecule has 1 spiro atoms. The first kappa shape index (κ1) is 16.8. The largest absolute Gasteiger partial charge is 0.345 e. The first-order chi connectivity index (χ1) is 13.0. The molecule has 4 aliphatic carbocycles. The van der Waals surface area contributed by atoms with Crippen molar-refractivity contribution >= 4 is 40.4 Å². The van der Waals surface area contributed by atoms with E-state index in [1.165, 1.54) is 43.4 Å². The number of rotatable bonds is 3. The number of carbonyl (C=O) groups excluding carboxylic acids is 1. The van der Waals surface area contributed by atoms with E-state index in [2.05, 4.69) is 10.3 Å². The molecular formula is C21H20Cl2N2OS. The van der Waals surface area contributed by atoms with Gasteiger partial charge in [0.25, 0.3) is 5.91 Å². The molecule has 6 rings (SSSR count). The highest BCUT2D eigenvalue weighted by Gasteiger charge is 2.72. The number of amides is 1. The quantitative estimate of drug-likeness (QED) is 0.682. The molecule has 1 N–H and O–H groups in total. The Labute approximate surface area is 172 Å². The molecule has 1 amide bonds. The Morgan fingerprint density at radius 3 is 2.85 bits per heavy atom. The second-order valence-corrected chi connectivity index (χ2v) is 10.8. The molecule has 6 heteroatoms. The molecule has 1 aromatic heterocycles. The van der Waals surface area contributed by atoms with E-state index in [0.29, 0.717) is 21.2 Å². The number of aromatic nitrogens is 1. The summed E-state index contributed by atoms with van der Waals surface area (Å²) in [6.07, 6.45) is 7.70. The van der Waals surface area contributed by atoms with E-state index < -0.39 is 0 Å². The zero-order valence-electron chi connectivity index (χ0n) is 14.8. The van der Waals surface area contributed by atoms with Gasteiger partial charge in [-0.05, 0) is 67.8 Å². The number of thiazole rings is 1. The van der Waals surface area contributed by atoms with Crippen molar-refractivity contribution in [3.05, 3.63) is 39.3 Å². The van der Waals surface area contributed by atoms with Crippen LogP contribution in [0.1, 0.15) is 49.0 Å². The van der Waals surface area contributed by atoms with Crippen LogP contribution in [0.2, 0.25) is 10.0 Å². The minimum absolute atomic E-state index is 0.00734. The summed E-state index contributed by atoms with van der Waals surface area (Å²) in [6, 6.07) is 5.50. The van der Waals surface area contributed by atoms with E-state index in [-0.39, 0.29) is 11.4 Å². The standard InChI is InChI=1S/C21H20Cl2N2OS/c22-15-3-1-2-14(17(15)23)19-24-16(9-27-19)18(26)25-20-6-11-4-12(7-20)21(10-20)8-13(21)5-11/h1-3,9,11-13H,4-8,10H2,(H,25,26). The number of carbonyl (C=O) groups is 1. The fraction of sp³-hybridized carbons (Fsp3) is 0.524. The van der Waals surface area contributed by atoms with Gasteiger partial charge >= 0.3 is 0 Å². The van der Waals surface area contributed by atoms with Crippen LogP contribution in [0.5, 0.6) is 0 Å². The average molecular weight is 419 g/mol. The number of nitrogens with zero attached hydrogens (tertiary/aromatic N) is 1. The molecule has 4 aliphatic rings. The molecule has 4 saturated carbocycles. The molecule has 0 radical (unpaired) electrons. The molecule has 5 unspecified atom stereocenters. The van der Waals surface area contributed by atoms with Gasteiger partial charge in [0.15, 0.2) is 0 Å². The van der Waals surface area contributed by atoms with E-state index in [0.717, 1.165) is 34.7 Å². The third-order valence-corrected chi connectivity index (χ3v) is 9.30. The summed E-state index contributed by atoms with van der Waals surface area (Å²) < 4.78 is 0. The van der Waals surface area contributed by atoms with Gasteiger partial charge < -0.3 is 5.32 Å². The fourth-order valence-corrected chi connectivity index (χ4v) is 7.95. The molecule has 140 valence electrons. The van der Waals surface area contributed by atoms with E-state index in [1.54, 1.807) is 6.07 Å². The zero-order valence-corrected chi connectivity index (χ0v) is 17.1. The van der Waals surface area contributed by atoms with Crippen LogP contribution in [0.25, 0.3) is 10.6 Å². The number of fused-ring (bicyclic) bond motifs is 2. The Hall–Kier alpha value is -1.10. The molecule has 3 bridgehead atoms. The second kappa shape index (κ2) is 5.49. The van der Waals surface area contributed by atoms with Gasteiger partial charge in [0.05, 0.1) is 10.0 Å². The predicted molar refractivity (Wildman–Crippen MR) is 108 cm³/mol. The minimum atomic E-state index is -0.0359. The molecule has 1 aromatic carbocycles. The Kier molecular flexibility index (Phi) is 3.42. The summed E-state index contributed by atoms with van der Waals surface area (Å²) in [5.41, 5.74) is 1.85. The van der Waals surface area contributed by atoms with E-state index in [9.17, 15) is 4.79 Å². The van der Waals surface area contributed by atoms with Gasteiger partial charge in [-0.25, -0.2) is 4.98 Å². The third kappa shape index (κ3) is 2.39. The minimum Gasteiger partial charge on any atom is -0.345 e. The Balaban J connectivity index is 1.26. The lowest BCUT2D eigenvalue weighted by Gasteiger charge is -2.39. The van der Waals surface area contributed by atoms with Crippen molar-refractivity contribution in [3.8, 4) is 10.6 Å². The number of hydrogen-bond acceptors (Lipinski definition) is 3. The summed E-state index contributed by atoms with van der Waals surface area (Å²) in [5.74, 6) is 2.56. The van der Waals surface area contributed by atoms with E-state index >= 15 is 0 Å². The maximum atomic E-state index is 13.0. The van der Waals surface area contributed by atoms with Crippen molar-refractivity contribution in [2.45, 2.75) is 44.1 Å². The zero-order chi connectivity index (χ0) is 18.4. The summed E-state index contributed by atoms with van der Waals surface area (Å²) in [7, 11) is 0. The summed E-state index contributed by atoms with van der Waals surface area (Å²) in [6.45, 7) is 0. The third-order valence-electron chi connectivity index (χ3n) is 7.61. The van der Waals surface area contributed by atoms with Gasteiger partial charge in [0, 0.05) is 16.5 Å². The predicted octanol–water partition coefficient (Wildman–Crippen LogP) is 5.82. The molecule has 5 atom stereocenters. The van der Waals surface area contributed by atoms with E-state index in [4.69, 9.17) is 23.2 Å². The molecule has 0 saturated heterocycles. The van der Waals surface area contributed by atoms with Gasteiger partial charge in [-0.1, -0.05) is 35.3 Å². The van der Waals surface area contributed by atoms with Crippen molar-refractivity contribution in [2.24, 2.45) is 23.2 Å². The van der Waals surface area contributed by atoms with Crippen LogP contribution in [-0.4, -0.2) is 16.4 Å². The normalized spacial score (nSPS) is 37.9. The first-order valence-corrected chi connectivity index (χ1v) is 11.3. The molecule has 27 heavy (non-hydrogen) atoms. The van der Waals surface area contributed by atoms with Crippen molar-refractivity contribution in [3.63, 3.8) is 0 Å². The smallest absolute Gasteiger partial charge is 0.271 e. The van der Waals surface area contributed by atoms with Crippen LogP contribution >= 0.6 is 34.5 Å². The molecule has 3 nitrogen and oxygen atoms in total. The van der Waals surface area contributed by atoms with Gasteiger partial charge in [-0.15, -0.1) is 11.3 Å². The highest BCUT2D eigenvalue weighted by atomic mass is 35.5. The maximum Gasteiger partial charge on any atom is 0.271 e. The van der Waals surface area contributed by atoms with Crippen LogP contribution in [0.3, 0.4) is 0 Å². The lowest BCUT2D eigenvalue weighted by Crippen LogP contribution is -2.49. The average Bonchev–Trinajstić information content (AvgIpc) is 3.04. The monoisotopic (exact) mass is 418 g/mol. The topological polar surface area (TPSA) is 42.0 Å². The van der Waals surface area contributed by atoms with Crippen LogP contribution in [-0.2, 0) is 0 Å². The van der Waals surface area contributed by atoms with Crippen LogP contribution in [0.15, 0.2) is 23.6 Å². The summed E-state index contributed by atoms with van der Waals surface area (Å²) in [4.78, 5) is 17.6. The van der Waals surface area contributed by atoms with Gasteiger partial charge in [-0.2, -0.15) is 0 Å². The number of nitrogens with one attached hydrogen (secondary N) is 1. The first-order valence-electron chi connectivity index (χ1n) is 9.70. The molecular weight excluding hydrogens is 399 g/mol. The van der Waals surface area contributed by atoms with Crippen molar-refractivity contribution < 1.29 is 4.79 Å². The highest BCUT2D eigenvalue weighted by molar-refractivity contribution is 7.13. The summed E-state index contributed by atoms with van der Waals surface area (Å²) >= 11 is 13.9.